The molecule has 0 aromatic heterocycles. The van der Waals surface area contributed by atoms with Gasteiger partial charge < -0.3 is 16.0 Å². The third-order valence-electron chi connectivity index (χ3n) is 4.03. The van der Waals surface area contributed by atoms with Crippen LogP contribution in [0.4, 0.5) is 4.79 Å². The number of carbonyl (C=O) groups is 2. The number of likely N-dealkylation sites (tertiary alicyclic amines) is 1. The molecule has 1 aromatic rings. The lowest BCUT2D eigenvalue weighted by Crippen LogP contribution is -2.47. The Labute approximate surface area is 141 Å². The third kappa shape index (κ3) is 4.99. The minimum absolute atomic E-state index is 0.0758. The Bertz CT molecular complexity index is 608. The minimum atomic E-state index is -0.399. The lowest BCUT2D eigenvalue weighted by Gasteiger charge is -2.30. The van der Waals surface area contributed by atoms with Crippen molar-refractivity contribution in [3.8, 4) is 0 Å². The first-order valence-electron chi connectivity index (χ1n) is 7.81. The predicted molar refractivity (Wildman–Crippen MR) is 92.0 cm³/mol. The number of carbonyl (C=O) groups excluding carboxylic acids is 2. The number of nitrogens with one attached hydrogen (secondary N) is 1. The van der Waals surface area contributed by atoms with Crippen molar-refractivity contribution in [2.75, 3.05) is 13.1 Å². The molecule has 0 radical (unpaired) electrons. The van der Waals surface area contributed by atoms with E-state index in [-0.39, 0.29) is 11.9 Å². The number of hydrogen-bond donors (Lipinski definition) is 2. The van der Waals surface area contributed by atoms with Gasteiger partial charge in [0.25, 0.3) is 0 Å². The van der Waals surface area contributed by atoms with Crippen LogP contribution in [0.2, 0.25) is 5.02 Å². The average Bonchev–Trinajstić information content (AvgIpc) is 2.53. The summed E-state index contributed by atoms with van der Waals surface area (Å²) >= 11 is 6.01. The van der Waals surface area contributed by atoms with E-state index >= 15 is 0 Å². The summed E-state index contributed by atoms with van der Waals surface area (Å²) in [6.07, 6.45) is 3.82. The van der Waals surface area contributed by atoms with Gasteiger partial charge in [-0.1, -0.05) is 30.7 Å². The molecule has 0 saturated carbocycles. The Hall–Kier alpha value is -2.01. The molecule has 0 bridgehead atoms. The van der Waals surface area contributed by atoms with Crippen LogP contribution in [0.1, 0.15) is 31.7 Å². The van der Waals surface area contributed by atoms with Crippen molar-refractivity contribution in [2.24, 2.45) is 5.73 Å². The number of primary amides is 1. The van der Waals surface area contributed by atoms with E-state index in [0.29, 0.717) is 18.1 Å². The van der Waals surface area contributed by atoms with Crippen molar-refractivity contribution in [2.45, 2.75) is 32.2 Å². The molecule has 1 aromatic carbocycles. The number of hydrogen-bond acceptors (Lipinski definition) is 2. The van der Waals surface area contributed by atoms with Crippen LogP contribution in [-0.2, 0) is 4.79 Å². The highest BCUT2D eigenvalue weighted by Crippen LogP contribution is 2.21. The fourth-order valence-electron chi connectivity index (χ4n) is 2.72. The van der Waals surface area contributed by atoms with Crippen LogP contribution < -0.4 is 11.1 Å². The maximum Gasteiger partial charge on any atom is 0.314 e. The lowest BCUT2D eigenvalue weighted by molar-refractivity contribution is -0.117. The Kier molecular flexibility index (Phi) is 6.04. The molecule has 1 aliphatic heterocycles. The zero-order chi connectivity index (χ0) is 16.8. The summed E-state index contributed by atoms with van der Waals surface area (Å²) in [7, 11) is 0. The smallest absolute Gasteiger partial charge is 0.314 e. The second-order valence-corrected chi connectivity index (χ2v) is 6.08. The van der Waals surface area contributed by atoms with Gasteiger partial charge in [-0.3, -0.25) is 4.79 Å². The summed E-state index contributed by atoms with van der Waals surface area (Å²) in [6.45, 7) is 3.17. The standard InChI is InChI=1S/C17H22ClN3O2/c1-2-12(13-4-3-5-14(18)10-13)11-16(22)20-15-6-8-21(9-7-15)17(19)23/h3-5,10-11,15H,2,6-9H2,1H3,(H2,19,23)(H,20,22). The number of piperidine rings is 1. The predicted octanol–water partition coefficient (Wildman–Crippen LogP) is 2.79. The molecule has 0 unspecified atom stereocenters. The van der Waals surface area contributed by atoms with Crippen molar-refractivity contribution in [3.05, 3.63) is 40.9 Å². The molecule has 0 aliphatic carbocycles. The molecule has 1 fully saturated rings. The van der Waals surface area contributed by atoms with E-state index in [2.05, 4.69) is 5.32 Å². The van der Waals surface area contributed by atoms with Crippen molar-refractivity contribution >= 4 is 29.1 Å². The number of nitrogens with two attached hydrogens (primary N) is 1. The van der Waals surface area contributed by atoms with E-state index in [1.165, 1.54) is 0 Å². The Balaban J connectivity index is 1.96. The second-order valence-electron chi connectivity index (χ2n) is 5.64. The maximum atomic E-state index is 12.2. The quantitative estimate of drug-likeness (QED) is 0.830. The summed E-state index contributed by atoms with van der Waals surface area (Å²) in [5, 5.41) is 3.65. The first-order valence-corrected chi connectivity index (χ1v) is 8.18. The number of benzene rings is 1. The van der Waals surface area contributed by atoms with Gasteiger partial charge in [0.05, 0.1) is 0 Å². The van der Waals surface area contributed by atoms with Crippen molar-refractivity contribution < 1.29 is 9.59 Å². The molecule has 3 N–H and O–H groups in total. The fourth-order valence-corrected chi connectivity index (χ4v) is 2.91. The first-order chi connectivity index (χ1) is 11.0. The highest BCUT2D eigenvalue weighted by molar-refractivity contribution is 6.30. The number of nitrogens with zero attached hydrogens (tertiary/aromatic N) is 1. The normalized spacial score (nSPS) is 16.3. The van der Waals surface area contributed by atoms with Crippen molar-refractivity contribution in [3.63, 3.8) is 0 Å². The molecule has 0 atom stereocenters. The summed E-state index contributed by atoms with van der Waals surface area (Å²) < 4.78 is 0. The topological polar surface area (TPSA) is 75.4 Å². The van der Waals surface area contributed by atoms with E-state index in [9.17, 15) is 9.59 Å². The van der Waals surface area contributed by atoms with E-state index in [4.69, 9.17) is 17.3 Å². The van der Waals surface area contributed by atoms with Gasteiger partial charge in [-0.15, -0.1) is 0 Å². The summed E-state index contributed by atoms with van der Waals surface area (Å²) in [4.78, 5) is 24.9. The number of urea groups is 1. The largest absolute Gasteiger partial charge is 0.351 e. The molecular formula is C17H22ClN3O2. The van der Waals surface area contributed by atoms with Crippen LogP contribution in [0.25, 0.3) is 5.57 Å². The molecule has 5 nitrogen and oxygen atoms in total. The van der Waals surface area contributed by atoms with Gasteiger partial charge >= 0.3 is 6.03 Å². The Morgan fingerprint density at radius 2 is 2.09 bits per heavy atom. The van der Waals surface area contributed by atoms with Gasteiger partial charge in [0.15, 0.2) is 0 Å². The molecule has 1 saturated heterocycles. The third-order valence-corrected chi connectivity index (χ3v) is 4.27. The number of amides is 3. The lowest BCUT2D eigenvalue weighted by atomic mass is 10.0. The summed E-state index contributed by atoms with van der Waals surface area (Å²) in [6, 6.07) is 7.16. The van der Waals surface area contributed by atoms with Gasteiger partial charge in [-0.2, -0.15) is 0 Å². The fraction of sp³-hybridized carbons (Fsp3) is 0.412. The van der Waals surface area contributed by atoms with E-state index in [1.54, 1.807) is 11.0 Å². The number of rotatable bonds is 4. The van der Waals surface area contributed by atoms with Crippen LogP contribution in [0.15, 0.2) is 30.3 Å². The van der Waals surface area contributed by atoms with E-state index in [1.807, 2.05) is 31.2 Å². The van der Waals surface area contributed by atoms with Gasteiger partial charge in [-0.05, 0) is 42.5 Å². The Morgan fingerprint density at radius 1 is 1.39 bits per heavy atom. The molecule has 6 heteroatoms. The average molecular weight is 336 g/mol. The number of allylic oxidation sites excluding steroid dienone is 1. The summed E-state index contributed by atoms with van der Waals surface area (Å²) in [5.74, 6) is -0.112. The van der Waals surface area contributed by atoms with E-state index in [0.717, 1.165) is 30.4 Å². The monoisotopic (exact) mass is 335 g/mol. The molecule has 2 rings (SSSR count). The van der Waals surface area contributed by atoms with Crippen LogP contribution in [-0.4, -0.2) is 36.0 Å². The van der Waals surface area contributed by atoms with Gasteiger partial charge in [0, 0.05) is 30.2 Å². The van der Waals surface area contributed by atoms with Gasteiger partial charge in [0.2, 0.25) is 5.91 Å². The van der Waals surface area contributed by atoms with Crippen LogP contribution >= 0.6 is 11.6 Å². The molecule has 3 amide bonds. The Morgan fingerprint density at radius 3 is 2.65 bits per heavy atom. The molecule has 124 valence electrons. The van der Waals surface area contributed by atoms with Crippen LogP contribution in [0, 0.1) is 0 Å². The number of halogens is 1. The van der Waals surface area contributed by atoms with Crippen molar-refractivity contribution in [1.29, 1.82) is 0 Å². The van der Waals surface area contributed by atoms with Gasteiger partial charge in [0.1, 0.15) is 0 Å². The second kappa shape index (κ2) is 8.02. The molecule has 1 heterocycles. The van der Waals surface area contributed by atoms with Crippen LogP contribution in [0.3, 0.4) is 0 Å². The SMILES string of the molecule is CCC(=CC(=O)NC1CCN(C(N)=O)CC1)c1cccc(Cl)c1. The minimum Gasteiger partial charge on any atom is -0.351 e. The highest BCUT2D eigenvalue weighted by Gasteiger charge is 2.22. The van der Waals surface area contributed by atoms with Crippen molar-refractivity contribution in [1.82, 2.24) is 10.2 Å². The summed E-state index contributed by atoms with van der Waals surface area (Å²) in [5.41, 5.74) is 7.15. The molecular weight excluding hydrogens is 314 g/mol. The zero-order valence-corrected chi connectivity index (χ0v) is 14.0. The molecule has 1 aliphatic rings. The maximum absolute atomic E-state index is 12.2. The zero-order valence-electron chi connectivity index (χ0n) is 13.2. The molecule has 0 spiro atoms. The van der Waals surface area contributed by atoms with Crippen LogP contribution in [0.5, 0.6) is 0 Å². The van der Waals surface area contributed by atoms with E-state index < -0.39 is 6.03 Å². The first kappa shape index (κ1) is 17.3. The molecule has 23 heavy (non-hydrogen) atoms. The highest BCUT2D eigenvalue weighted by atomic mass is 35.5. The van der Waals surface area contributed by atoms with Gasteiger partial charge in [-0.25, -0.2) is 4.79 Å².